The Hall–Kier alpha value is -9.09. The topological polar surface area (TPSA) is 49.0 Å². The Bertz CT molecular complexity index is 5560. The van der Waals surface area contributed by atoms with Crippen LogP contribution in [0.2, 0.25) is 0 Å². The van der Waals surface area contributed by atoms with Crippen LogP contribution in [0.15, 0.2) is 199 Å². The SMILES string of the molecule is [2H]C([2H])([2H])c1cccc(C([2H])([2H])[2H])c1-c1cc2c(c(C(C)(C)C)c1)-[n+]1[c-]n(-c3[c-]c(Oc4[c-]c5c(cc4)c4ccccc4n5-c4cc(C(C)(C)C)ccn4)ccc3)c3cc(-c4ccc5oc6ccccc6c5c4)cc(c31)-c1ccccc1-c1cc3c(cc1-2)C(C)(C)CCC3(C)C.[Pt]. The van der Waals surface area contributed by atoms with Crippen molar-refractivity contribution in [2.24, 2.45) is 0 Å². The van der Waals surface area contributed by atoms with Crippen molar-refractivity contribution in [3.63, 3.8) is 0 Å². The molecule has 7 heteroatoms. The van der Waals surface area contributed by atoms with Crippen LogP contribution < -0.4 is 9.30 Å². The molecule has 0 saturated heterocycles. The second kappa shape index (κ2) is 21.0. The van der Waals surface area contributed by atoms with Gasteiger partial charge in [0.1, 0.15) is 17.0 Å². The minimum Gasteiger partial charge on any atom is -0.510 e. The second-order valence-electron chi connectivity index (χ2n) is 28.2. The molecule has 14 aromatic rings. The number of hydrogen-bond acceptors (Lipinski definition) is 3. The number of imidazole rings is 1. The molecule has 0 spiro atoms. The molecule has 4 aromatic heterocycles. The summed E-state index contributed by atoms with van der Waals surface area (Å²) in [6, 6.07) is 71.5. The number of aryl methyl sites for hydroxylation is 2. The van der Waals surface area contributed by atoms with Crippen LogP contribution in [0.4, 0.5) is 0 Å². The van der Waals surface area contributed by atoms with E-state index >= 15 is 0 Å². The first-order chi connectivity index (χ1) is 45.6. The largest absolute Gasteiger partial charge is 0.510 e. The molecule has 2 aliphatic rings. The van der Waals surface area contributed by atoms with Crippen LogP contribution in [-0.2, 0) is 42.7 Å². The van der Waals surface area contributed by atoms with E-state index in [4.69, 9.17) is 22.4 Å². The van der Waals surface area contributed by atoms with Gasteiger partial charge in [0.15, 0.2) is 0 Å². The monoisotopic (exact) mass is 1370 g/mol. The van der Waals surface area contributed by atoms with Gasteiger partial charge in [0.2, 0.25) is 0 Å². The van der Waals surface area contributed by atoms with Crippen molar-refractivity contribution in [1.82, 2.24) is 14.1 Å². The fraction of sp³-hybridized carbons (Fsp3) is 0.214. The van der Waals surface area contributed by atoms with E-state index in [0.29, 0.717) is 22.7 Å². The molecule has 0 saturated carbocycles. The summed E-state index contributed by atoms with van der Waals surface area (Å²) in [6.45, 7) is 17.2. The van der Waals surface area contributed by atoms with E-state index in [9.17, 15) is 0 Å². The van der Waals surface area contributed by atoms with Gasteiger partial charge in [-0.2, -0.15) is 18.2 Å². The maximum absolute atomic E-state index is 9.01. The summed E-state index contributed by atoms with van der Waals surface area (Å²) >= 11 is 0. The molecule has 6 nitrogen and oxygen atoms in total. The van der Waals surface area contributed by atoms with Gasteiger partial charge in [-0.3, -0.25) is 4.57 Å². The van der Waals surface area contributed by atoms with Gasteiger partial charge < -0.3 is 18.3 Å². The zero-order valence-electron chi connectivity index (χ0n) is 58.8. The number of nitrogens with zero attached hydrogens (tertiary/aromatic N) is 4. The van der Waals surface area contributed by atoms with Crippen LogP contribution in [0.1, 0.15) is 124 Å². The van der Waals surface area contributed by atoms with Crippen molar-refractivity contribution < 1.29 is 43.0 Å². The van der Waals surface area contributed by atoms with E-state index in [2.05, 4.69) is 223 Å². The van der Waals surface area contributed by atoms with Crippen molar-refractivity contribution in [1.29, 1.82) is 0 Å². The van der Waals surface area contributed by atoms with E-state index in [-0.39, 0.29) is 54.0 Å². The molecule has 0 fully saturated rings. The maximum Gasteiger partial charge on any atom is 0.268 e. The Kier molecular flexibility index (Phi) is 11.9. The molecule has 1 aliphatic carbocycles. The van der Waals surface area contributed by atoms with Crippen LogP contribution in [0, 0.1) is 32.2 Å². The maximum atomic E-state index is 9.01. The number of aromatic nitrogens is 4. The molecule has 0 bridgehead atoms. The molecule has 0 radical (unpaired) electrons. The Morgan fingerprint density at radius 2 is 1.20 bits per heavy atom. The predicted octanol–water partition coefficient (Wildman–Crippen LogP) is 21.7. The van der Waals surface area contributed by atoms with Gasteiger partial charge in [-0.1, -0.05) is 178 Å². The molecule has 91 heavy (non-hydrogen) atoms. The minimum absolute atomic E-state index is 0. The van der Waals surface area contributed by atoms with Gasteiger partial charge in [0, 0.05) is 63.3 Å². The van der Waals surface area contributed by atoms with Gasteiger partial charge in [-0.25, -0.2) is 4.98 Å². The molecule has 10 aromatic carbocycles. The van der Waals surface area contributed by atoms with Crippen LogP contribution >= 0.6 is 0 Å². The zero-order chi connectivity index (χ0) is 66.9. The summed E-state index contributed by atoms with van der Waals surface area (Å²) in [5, 5.41) is 4.14. The standard InChI is InChI=1S/C84H72N4O2.Pt/c1-50-21-19-22-51(2)78(50)54-41-68-65-48-70-69(83(9,10)36-37-84(70,11)12)47-64(65)59-25-13-14-26-60(59)67-40-53(52-31-34-76-66(39-52)63-28-16-18-30-75(63)90-76)43-74-80(67)87(79(68)71(42-54)82(6,7)8)49-86(74)56-23-20-24-57(45-56)89-58-32-33-62-61-27-15-17-29-72(61)88(73(62)46-58)77-44-55(35-38-85-77)81(3,4)5;/h13-35,38-44,47-48H,36-37H2,1-12H3;/q-2;/i1D3,2D3;. The van der Waals surface area contributed by atoms with Crippen LogP contribution in [0.5, 0.6) is 11.5 Å². The summed E-state index contributed by atoms with van der Waals surface area (Å²) in [4.78, 5) is 4.93. The molecule has 16 rings (SSSR count). The van der Waals surface area contributed by atoms with E-state index in [0.717, 1.165) is 129 Å². The quantitative estimate of drug-likeness (QED) is 0.123. The zero-order valence-corrected chi connectivity index (χ0v) is 55.1. The number of fused-ring (bicyclic) bond motifs is 14. The third-order valence-corrected chi connectivity index (χ3v) is 19.4. The van der Waals surface area contributed by atoms with Gasteiger partial charge in [0.25, 0.3) is 6.33 Å². The van der Waals surface area contributed by atoms with Crippen molar-refractivity contribution >= 4 is 54.8 Å². The average molecular weight is 1370 g/mol. The van der Waals surface area contributed by atoms with Crippen molar-refractivity contribution in [3.05, 3.63) is 246 Å². The normalized spacial score (nSPS) is 15.4. The van der Waals surface area contributed by atoms with Gasteiger partial charge >= 0.3 is 0 Å². The summed E-state index contributed by atoms with van der Waals surface area (Å²) in [5.41, 5.74) is 18.3. The number of para-hydroxylation sites is 2. The summed E-state index contributed by atoms with van der Waals surface area (Å²) in [6.07, 6.45) is 7.88. The molecule has 0 amide bonds. The summed E-state index contributed by atoms with van der Waals surface area (Å²) in [5.74, 6) is 1.76. The smallest absolute Gasteiger partial charge is 0.268 e. The molecule has 1 aliphatic heterocycles. The first-order valence-corrected chi connectivity index (χ1v) is 31.3. The fourth-order valence-corrected chi connectivity index (χ4v) is 14.4. The second-order valence-corrected chi connectivity index (χ2v) is 28.2. The Morgan fingerprint density at radius 1 is 0.538 bits per heavy atom. The molecule has 0 N–H and O–H groups in total. The summed E-state index contributed by atoms with van der Waals surface area (Å²) in [7, 11) is 0. The summed E-state index contributed by atoms with van der Waals surface area (Å²) < 4.78 is 73.9. The Morgan fingerprint density at radius 3 is 1.93 bits per heavy atom. The van der Waals surface area contributed by atoms with E-state index < -0.39 is 19.1 Å². The number of pyridine rings is 1. The number of hydrogen-bond donors (Lipinski definition) is 0. The third-order valence-electron chi connectivity index (χ3n) is 19.4. The number of rotatable bonds is 6. The van der Waals surface area contributed by atoms with Gasteiger partial charge in [-0.05, 0) is 203 Å². The molecular weight excluding hydrogens is 1290 g/mol. The van der Waals surface area contributed by atoms with Crippen LogP contribution in [-0.4, -0.2) is 14.1 Å². The van der Waals surface area contributed by atoms with Crippen molar-refractivity contribution in [2.45, 2.75) is 117 Å². The number of benzene rings is 10. The average Bonchev–Trinajstić information content (AvgIpc) is 1.62. The molecule has 5 heterocycles. The number of furan rings is 1. The first kappa shape index (κ1) is 51.6. The Labute approximate surface area is 556 Å². The predicted molar refractivity (Wildman–Crippen MR) is 370 cm³/mol. The Balaban J connectivity index is 0.00000770. The van der Waals surface area contributed by atoms with Crippen LogP contribution in [0.3, 0.4) is 0 Å². The van der Waals surface area contributed by atoms with E-state index in [1.807, 2.05) is 54.7 Å². The minimum atomic E-state index is -2.65. The molecule has 0 atom stereocenters. The molecule has 0 unspecified atom stereocenters. The molecular formula is C84H72N4O2Pt-2. The third kappa shape index (κ3) is 9.45. The van der Waals surface area contributed by atoms with Gasteiger partial charge in [0.05, 0.1) is 16.7 Å². The first-order valence-electron chi connectivity index (χ1n) is 34.3. The van der Waals surface area contributed by atoms with Crippen molar-refractivity contribution in [2.75, 3.05) is 0 Å². The van der Waals surface area contributed by atoms with E-state index in [1.165, 1.54) is 16.7 Å². The fourth-order valence-electron chi connectivity index (χ4n) is 14.4. The van der Waals surface area contributed by atoms with E-state index in [1.54, 1.807) is 18.2 Å². The van der Waals surface area contributed by atoms with Crippen molar-refractivity contribution in [3.8, 4) is 84.3 Å². The van der Waals surface area contributed by atoms with Gasteiger partial charge in [-0.15, -0.1) is 29.7 Å². The molecule has 452 valence electrons. The van der Waals surface area contributed by atoms with Crippen LogP contribution in [0.25, 0.3) is 128 Å². The number of ether oxygens (including phenoxy) is 1.